The number of carboxylic acids is 2. The number of benzene rings is 2. The molecule has 0 aromatic heterocycles. The number of aryl methyl sites for hydroxylation is 1. The third-order valence-corrected chi connectivity index (χ3v) is 6.67. The van der Waals surface area contributed by atoms with Crippen LogP contribution in [0.5, 0.6) is 0 Å². The Bertz CT molecular complexity index is 1320. The molecule has 0 bridgehead atoms. The van der Waals surface area contributed by atoms with Crippen molar-refractivity contribution in [2.24, 2.45) is 11.5 Å². The van der Waals surface area contributed by atoms with E-state index in [4.69, 9.17) is 22.0 Å². The van der Waals surface area contributed by atoms with Crippen molar-refractivity contribution < 1.29 is 34.3 Å². The highest BCUT2D eigenvalue weighted by Crippen LogP contribution is 2.27. The van der Waals surface area contributed by atoms with Gasteiger partial charge in [0.15, 0.2) is 5.96 Å². The van der Waals surface area contributed by atoms with Gasteiger partial charge in [-0.05, 0) is 56.9 Å². The van der Waals surface area contributed by atoms with Crippen LogP contribution in [0.15, 0.2) is 48.5 Å². The van der Waals surface area contributed by atoms with Gasteiger partial charge in [0, 0.05) is 36.6 Å². The number of hydrogen-bond donors (Lipinski definition) is 7. The predicted octanol–water partition coefficient (Wildman–Crippen LogP) is 1.09. The third kappa shape index (κ3) is 10.5. The quantitative estimate of drug-likeness (QED) is 0.0550. The van der Waals surface area contributed by atoms with Gasteiger partial charge in [-0.15, -0.1) is 0 Å². The molecule has 1 heterocycles. The normalized spacial score (nSPS) is 14.4. The van der Waals surface area contributed by atoms with Crippen LogP contribution < -0.4 is 27.0 Å². The number of hydrogen-bond acceptors (Lipinski definition) is 9. The largest absolute Gasteiger partial charge is 0.480 e. The van der Waals surface area contributed by atoms with E-state index in [9.17, 15) is 34.4 Å². The molecule has 0 aliphatic carbocycles. The van der Waals surface area contributed by atoms with Crippen LogP contribution in [-0.4, -0.2) is 88.0 Å². The number of nitrogens with zero attached hydrogens (tertiary/aromatic N) is 3. The topological polar surface area (TPSA) is 258 Å². The number of carbonyl (C=O) groups is 4. The van der Waals surface area contributed by atoms with E-state index in [-0.39, 0.29) is 37.1 Å². The van der Waals surface area contributed by atoms with Crippen LogP contribution in [0, 0.1) is 22.4 Å². The molecule has 16 heteroatoms. The van der Waals surface area contributed by atoms with E-state index in [2.05, 4.69) is 10.6 Å². The van der Waals surface area contributed by atoms with Crippen LogP contribution in [0.25, 0.3) is 0 Å². The van der Waals surface area contributed by atoms with Gasteiger partial charge in [-0.2, -0.15) is 0 Å². The van der Waals surface area contributed by atoms with Crippen LogP contribution in [0.1, 0.15) is 31.2 Å². The fraction of sp³-hybridized carbons (Fsp3) is 0.393. The number of guanidine groups is 1. The summed E-state index contributed by atoms with van der Waals surface area (Å²) in [6.07, 6.45) is 1.67. The van der Waals surface area contributed by atoms with E-state index in [1.165, 1.54) is 34.1 Å². The molecule has 3 rings (SSSR count). The lowest BCUT2D eigenvalue weighted by Gasteiger charge is -2.34. The molecule has 2 aromatic carbocycles. The molecule has 2 amide bonds. The van der Waals surface area contributed by atoms with Crippen molar-refractivity contribution in [2.45, 2.75) is 44.7 Å². The monoisotopic (exact) mass is 614 g/mol. The Morgan fingerprint density at radius 1 is 1.14 bits per heavy atom. The number of carbonyl (C=O) groups excluding carboxylic acids is 2. The van der Waals surface area contributed by atoms with Crippen LogP contribution in [0.2, 0.25) is 0 Å². The molecule has 1 aliphatic heterocycles. The smallest absolute Gasteiger partial charge is 0.326 e. The zero-order valence-corrected chi connectivity index (χ0v) is 24.3. The number of amides is 2. The van der Waals surface area contributed by atoms with E-state index in [1.807, 2.05) is 19.1 Å². The Morgan fingerprint density at radius 2 is 1.77 bits per heavy atom. The number of nitrogens with two attached hydrogens (primary N) is 2. The van der Waals surface area contributed by atoms with Gasteiger partial charge in [-0.1, -0.05) is 17.7 Å². The van der Waals surface area contributed by atoms with Gasteiger partial charge < -0.3 is 37.2 Å². The highest BCUT2D eigenvalue weighted by molar-refractivity contribution is 6.03. The predicted molar refractivity (Wildman–Crippen MR) is 162 cm³/mol. The Balaban J connectivity index is 0.000000402. The maximum Gasteiger partial charge on any atom is 0.326 e. The summed E-state index contributed by atoms with van der Waals surface area (Å²) < 4.78 is 0. The Morgan fingerprint density at radius 3 is 2.30 bits per heavy atom. The molecule has 44 heavy (non-hydrogen) atoms. The SMILES string of the molecule is Cc1ccc(N(C(=O)[C@@H]2CCCN2C(=O)CN)[C@@H](CCCNC(=N)N)C(=O)O)cc1.O=C(O)CNc1ccc([N+](=O)[O-])cc1. The van der Waals surface area contributed by atoms with Gasteiger partial charge in [0.25, 0.3) is 11.6 Å². The molecule has 16 nitrogen and oxygen atoms in total. The number of anilines is 2. The fourth-order valence-corrected chi connectivity index (χ4v) is 4.53. The van der Waals surface area contributed by atoms with E-state index >= 15 is 0 Å². The average Bonchev–Trinajstić information content (AvgIpc) is 3.48. The second-order valence-electron chi connectivity index (χ2n) is 9.88. The average molecular weight is 615 g/mol. The fourth-order valence-electron chi connectivity index (χ4n) is 4.53. The van der Waals surface area contributed by atoms with Gasteiger partial charge in [-0.3, -0.25) is 34.8 Å². The number of nitro groups is 1. The molecule has 1 fully saturated rings. The highest BCUT2D eigenvalue weighted by atomic mass is 16.6. The van der Waals surface area contributed by atoms with Crippen molar-refractivity contribution in [3.8, 4) is 0 Å². The maximum absolute atomic E-state index is 13.5. The molecule has 2 atom stereocenters. The first-order chi connectivity index (χ1) is 20.8. The van der Waals surface area contributed by atoms with Crippen LogP contribution in [0.4, 0.5) is 17.1 Å². The molecule has 0 radical (unpaired) electrons. The number of carboxylic acid groups (broad SMARTS) is 2. The van der Waals surface area contributed by atoms with Crippen molar-refractivity contribution in [2.75, 3.05) is 36.4 Å². The zero-order valence-electron chi connectivity index (χ0n) is 24.3. The van der Waals surface area contributed by atoms with Crippen molar-refractivity contribution in [1.82, 2.24) is 10.2 Å². The molecule has 1 saturated heterocycles. The molecular formula is C28H38N8O8. The second kappa shape index (κ2) is 17.0. The van der Waals surface area contributed by atoms with Gasteiger partial charge >= 0.3 is 11.9 Å². The maximum atomic E-state index is 13.5. The molecule has 0 unspecified atom stereocenters. The van der Waals surface area contributed by atoms with Crippen LogP contribution >= 0.6 is 0 Å². The summed E-state index contributed by atoms with van der Waals surface area (Å²) in [5.41, 5.74) is 12.7. The van der Waals surface area contributed by atoms with E-state index in [0.29, 0.717) is 43.7 Å². The molecule has 0 saturated carbocycles. The lowest BCUT2D eigenvalue weighted by atomic mass is 10.0. The molecule has 1 aliphatic rings. The number of likely N-dealkylation sites (tertiary alicyclic amines) is 1. The molecule has 2 aromatic rings. The minimum absolute atomic E-state index is 0.0223. The Kier molecular flexibility index (Phi) is 13.5. The third-order valence-electron chi connectivity index (χ3n) is 6.67. The van der Waals surface area contributed by atoms with Crippen LogP contribution in [0.3, 0.4) is 0 Å². The first-order valence-electron chi connectivity index (χ1n) is 13.8. The summed E-state index contributed by atoms with van der Waals surface area (Å²) in [5.74, 6) is -3.07. The first-order valence-corrected chi connectivity index (χ1v) is 13.8. The zero-order chi connectivity index (χ0) is 32.8. The molecule has 238 valence electrons. The summed E-state index contributed by atoms with van der Waals surface area (Å²) >= 11 is 0. The first kappa shape index (κ1) is 34.9. The number of nitro benzene ring substituents is 1. The van der Waals surface area contributed by atoms with Crippen molar-refractivity contribution >= 4 is 46.8 Å². The number of nitrogens with one attached hydrogen (secondary N) is 3. The summed E-state index contributed by atoms with van der Waals surface area (Å²) in [6.45, 7) is 2.23. The van der Waals surface area contributed by atoms with Crippen molar-refractivity contribution in [3.63, 3.8) is 0 Å². The Hall–Kier alpha value is -5.25. The number of non-ortho nitro benzene ring substituents is 1. The van der Waals surface area contributed by atoms with E-state index in [1.54, 1.807) is 12.1 Å². The minimum atomic E-state index is -1.14. The Labute approximate surface area is 253 Å². The van der Waals surface area contributed by atoms with Crippen LogP contribution in [-0.2, 0) is 19.2 Å². The van der Waals surface area contributed by atoms with E-state index < -0.39 is 34.9 Å². The second-order valence-corrected chi connectivity index (χ2v) is 9.88. The number of aliphatic carboxylic acids is 2. The van der Waals surface area contributed by atoms with Crippen molar-refractivity contribution in [1.29, 1.82) is 5.41 Å². The summed E-state index contributed by atoms with van der Waals surface area (Å²) in [5, 5.41) is 40.9. The molecule has 0 spiro atoms. The minimum Gasteiger partial charge on any atom is -0.480 e. The van der Waals surface area contributed by atoms with Gasteiger partial charge in [0.1, 0.15) is 18.6 Å². The molecular weight excluding hydrogens is 576 g/mol. The summed E-state index contributed by atoms with van der Waals surface area (Å²) in [4.78, 5) is 60.5. The van der Waals surface area contributed by atoms with Crippen molar-refractivity contribution in [3.05, 3.63) is 64.2 Å². The lowest BCUT2D eigenvalue weighted by molar-refractivity contribution is -0.384. The summed E-state index contributed by atoms with van der Waals surface area (Å²) in [6, 6.07) is 10.7. The van der Waals surface area contributed by atoms with Gasteiger partial charge in [0.2, 0.25) is 5.91 Å². The van der Waals surface area contributed by atoms with E-state index in [0.717, 1.165) is 5.56 Å². The van der Waals surface area contributed by atoms with Gasteiger partial charge in [0.05, 0.1) is 11.5 Å². The van der Waals surface area contributed by atoms with Gasteiger partial charge in [-0.25, -0.2) is 4.79 Å². The lowest BCUT2D eigenvalue weighted by Crippen LogP contribution is -2.54. The molecule has 9 N–H and O–H groups in total. The summed E-state index contributed by atoms with van der Waals surface area (Å²) in [7, 11) is 0. The standard InChI is InChI=1S/C20H30N6O4.C8H8N2O4/c1-13-6-8-14(9-7-13)26(16(19(29)30)4-2-10-24-20(22)23)18(28)15-5-3-11-25(15)17(27)12-21;11-8(12)5-9-6-1-3-7(4-2-6)10(13)14/h6-9,15-16H,2-5,10-12,21H2,1H3,(H,29,30)(H4,22,23,24);1-4,9H,5H2,(H,11,12)/t15-,16-;/m0./s1. The number of rotatable bonds is 13. The highest BCUT2D eigenvalue weighted by Gasteiger charge is 2.40.